The minimum atomic E-state index is -0.920. The van der Waals surface area contributed by atoms with E-state index in [0.717, 1.165) is 36.6 Å². The molecule has 156 valence electrons. The first kappa shape index (κ1) is 20.3. The van der Waals surface area contributed by atoms with E-state index in [2.05, 4.69) is 45.5 Å². The van der Waals surface area contributed by atoms with Crippen molar-refractivity contribution >= 4 is 16.9 Å². The number of likely N-dealkylation sites (N-methyl/N-ethyl adjacent to an activating group) is 2. The Labute approximate surface area is 176 Å². The van der Waals surface area contributed by atoms with Gasteiger partial charge in [0.15, 0.2) is 5.82 Å². The molecule has 1 atom stereocenters. The summed E-state index contributed by atoms with van der Waals surface area (Å²) in [6.07, 6.45) is 1.78. The summed E-state index contributed by atoms with van der Waals surface area (Å²) in [5, 5.41) is 15.0. The van der Waals surface area contributed by atoms with Crippen LogP contribution in [0.5, 0.6) is 0 Å². The van der Waals surface area contributed by atoms with Crippen molar-refractivity contribution in [3.8, 4) is 11.3 Å². The average molecular weight is 406 g/mol. The molecule has 1 fully saturated rings. The molecular formula is C23H27N5O2. The highest BCUT2D eigenvalue weighted by molar-refractivity contribution is 5.86. The third-order valence-electron chi connectivity index (χ3n) is 6.08. The van der Waals surface area contributed by atoms with E-state index < -0.39 is 6.09 Å². The molecule has 30 heavy (non-hydrogen) atoms. The Morgan fingerprint density at radius 2 is 1.93 bits per heavy atom. The van der Waals surface area contributed by atoms with Crippen molar-refractivity contribution in [3.05, 3.63) is 60.6 Å². The molecule has 7 nitrogen and oxygen atoms in total. The first-order chi connectivity index (χ1) is 14.5. The monoisotopic (exact) mass is 405 g/mol. The van der Waals surface area contributed by atoms with Crippen LogP contribution >= 0.6 is 0 Å². The van der Waals surface area contributed by atoms with E-state index in [1.54, 1.807) is 7.05 Å². The predicted octanol–water partition coefficient (Wildman–Crippen LogP) is 3.03. The number of hydrogen-bond donors (Lipinski definition) is 2. The van der Waals surface area contributed by atoms with Gasteiger partial charge in [0.2, 0.25) is 0 Å². The van der Waals surface area contributed by atoms with E-state index in [1.165, 1.54) is 15.7 Å². The summed E-state index contributed by atoms with van der Waals surface area (Å²) in [5.74, 6) is 0.777. The summed E-state index contributed by atoms with van der Waals surface area (Å²) in [5.41, 5.74) is 1.60. The van der Waals surface area contributed by atoms with E-state index in [-0.39, 0.29) is 5.54 Å². The number of amides is 1. The number of fused-ring (bicyclic) bond motifs is 1. The van der Waals surface area contributed by atoms with Crippen molar-refractivity contribution in [2.24, 2.45) is 0 Å². The van der Waals surface area contributed by atoms with Crippen LogP contribution in [0.2, 0.25) is 0 Å². The smallest absolute Gasteiger partial charge is 0.407 e. The molecule has 0 aliphatic carbocycles. The molecule has 1 amide bonds. The van der Waals surface area contributed by atoms with Gasteiger partial charge >= 0.3 is 6.09 Å². The normalized spacial score (nSPS) is 18.8. The average Bonchev–Trinajstić information content (AvgIpc) is 3.28. The molecule has 1 aliphatic rings. The van der Waals surface area contributed by atoms with Crippen LogP contribution in [0.25, 0.3) is 22.0 Å². The SMILES string of the molecule is CN(CCN(C)[C@]1(c2nccc(-c3ccc4ccccc4c3)n2)CCNC1)C(=O)O. The maximum Gasteiger partial charge on any atom is 0.407 e. The van der Waals surface area contributed by atoms with Crippen molar-refractivity contribution in [1.82, 2.24) is 25.1 Å². The second-order valence-corrected chi connectivity index (χ2v) is 7.91. The van der Waals surface area contributed by atoms with Gasteiger partial charge in [0, 0.05) is 38.4 Å². The van der Waals surface area contributed by atoms with Crippen LogP contribution < -0.4 is 5.32 Å². The molecule has 0 spiro atoms. The Morgan fingerprint density at radius 1 is 1.13 bits per heavy atom. The summed E-state index contributed by atoms with van der Waals surface area (Å²) in [7, 11) is 3.61. The van der Waals surface area contributed by atoms with Gasteiger partial charge in [0.1, 0.15) is 0 Å². The molecule has 1 saturated heterocycles. The third kappa shape index (κ3) is 3.86. The second-order valence-electron chi connectivity index (χ2n) is 7.91. The van der Waals surface area contributed by atoms with Crippen LogP contribution in [0.4, 0.5) is 4.79 Å². The lowest BCUT2D eigenvalue weighted by Crippen LogP contribution is -2.49. The quantitative estimate of drug-likeness (QED) is 0.656. The predicted molar refractivity (Wildman–Crippen MR) is 117 cm³/mol. The van der Waals surface area contributed by atoms with Gasteiger partial charge in [-0.2, -0.15) is 0 Å². The molecule has 1 aromatic heterocycles. The number of carboxylic acid groups (broad SMARTS) is 1. The number of nitrogens with one attached hydrogen (secondary N) is 1. The summed E-state index contributed by atoms with van der Waals surface area (Å²) in [6, 6.07) is 16.6. The summed E-state index contributed by atoms with van der Waals surface area (Å²) in [4.78, 5) is 24.2. The van der Waals surface area contributed by atoms with Crippen LogP contribution in [-0.4, -0.2) is 71.2 Å². The van der Waals surface area contributed by atoms with Gasteiger partial charge in [-0.25, -0.2) is 14.8 Å². The second kappa shape index (κ2) is 8.38. The van der Waals surface area contributed by atoms with Crippen molar-refractivity contribution in [3.63, 3.8) is 0 Å². The third-order valence-corrected chi connectivity index (χ3v) is 6.08. The summed E-state index contributed by atoms with van der Waals surface area (Å²) < 4.78 is 0. The Balaban J connectivity index is 1.65. The number of nitrogens with zero attached hydrogens (tertiary/aromatic N) is 4. The van der Waals surface area contributed by atoms with Gasteiger partial charge in [-0.3, -0.25) is 4.90 Å². The highest BCUT2D eigenvalue weighted by Gasteiger charge is 2.42. The van der Waals surface area contributed by atoms with Gasteiger partial charge in [-0.1, -0.05) is 36.4 Å². The van der Waals surface area contributed by atoms with Crippen LogP contribution in [-0.2, 0) is 5.54 Å². The van der Waals surface area contributed by atoms with Crippen molar-refractivity contribution in [2.45, 2.75) is 12.0 Å². The first-order valence-corrected chi connectivity index (χ1v) is 10.2. The number of carbonyl (C=O) groups is 1. The standard InChI is InChI=1S/C23H27N5O2/c1-27(22(29)30)13-14-28(2)23(10-12-24-16-23)21-25-11-9-20(26-21)19-8-7-17-5-3-4-6-18(17)15-19/h3-9,11,15,24H,10,12-14,16H2,1-2H3,(H,29,30)/t23-/m1/s1. The summed E-state index contributed by atoms with van der Waals surface area (Å²) >= 11 is 0. The minimum Gasteiger partial charge on any atom is -0.465 e. The Kier molecular flexibility index (Phi) is 5.65. The molecule has 1 aliphatic heterocycles. The Hall–Kier alpha value is -3.03. The fourth-order valence-corrected chi connectivity index (χ4v) is 4.07. The van der Waals surface area contributed by atoms with E-state index in [4.69, 9.17) is 10.1 Å². The van der Waals surface area contributed by atoms with Gasteiger partial charge in [-0.15, -0.1) is 0 Å². The molecule has 2 N–H and O–H groups in total. The molecule has 2 aromatic carbocycles. The van der Waals surface area contributed by atoms with Crippen LogP contribution in [0.15, 0.2) is 54.7 Å². The van der Waals surface area contributed by atoms with Crippen LogP contribution in [0, 0.1) is 0 Å². The molecular weight excluding hydrogens is 378 g/mol. The summed E-state index contributed by atoms with van der Waals surface area (Å²) in [6.45, 7) is 2.65. The van der Waals surface area contributed by atoms with E-state index in [1.807, 2.05) is 31.4 Å². The lowest BCUT2D eigenvalue weighted by molar-refractivity contribution is 0.106. The number of aromatic nitrogens is 2. The van der Waals surface area contributed by atoms with E-state index in [0.29, 0.717) is 13.1 Å². The minimum absolute atomic E-state index is 0.355. The molecule has 0 bridgehead atoms. The first-order valence-electron chi connectivity index (χ1n) is 10.2. The van der Waals surface area contributed by atoms with Gasteiger partial charge in [-0.05, 0) is 42.9 Å². The highest BCUT2D eigenvalue weighted by Crippen LogP contribution is 2.32. The van der Waals surface area contributed by atoms with E-state index in [9.17, 15) is 4.79 Å². The number of benzene rings is 2. The lowest BCUT2D eigenvalue weighted by atomic mass is 9.94. The topological polar surface area (TPSA) is 81.6 Å². The van der Waals surface area contributed by atoms with E-state index >= 15 is 0 Å². The molecule has 2 heterocycles. The largest absolute Gasteiger partial charge is 0.465 e. The maximum atomic E-state index is 11.1. The van der Waals surface area contributed by atoms with Crippen molar-refractivity contribution in [2.75, 3.05) is 40.3 Å². The maximum absolute atomic E-state index is 11.1. The molecule has 3 aromatic rings. The molecule has 7 heteroatoms. The van der Waals surface area contributed by atoms with Gasteiger partial charge < -0.3 is 15.3 Å². The fraction of sp³-hybridized carbons (Fsp3) is 0.348. The highest BCUT2D eigenvalue weighted by atomic mass is 16.4. The number of rotatable bonds is 6. The molecule has 0 saturated carbocycles. The molecule has 0 radical (unpaired) electrons. The zero-order valence-electron chi connectivity index (χ0n) is 17.4. The number of hydrogen-bond acceptors (Lipinski definition) is 5. The van der Waals surface area contributed by atoms with Gasteiger partial charge in [0.05, 0.1) is 11.2 Å². The zero-order valence-corrected chi connectivity index (χ0v) is 17.4. The van der Waals surface area contributed by atoms with Crippen molar-refractivity contribution < 1.29 is 9.90 Å². The van der Waals surface area contributed by atoms with Gasteiger partial charge in [0.25, 0.3) is 0 Å². The molecule has 4 rings (SSSR count). The Morgan fingerprint density at radius 3 is 2.67 bits per heavy atom. The zero-order chi connectivity index (χ0) is 21.1. The molecule has 0 unspecified atom stereocenters. The fourth-order valence-electron chi connectivity index (χ4n) is 4.07. The lowest BCUT2D eigenvalue weighted by Gasteiger charge is -2.37. The van der Waals surface area contributed by atoms with Crippen LogP contribution in [0.3, 0.4) is 0 Å². The van der Waals surface area contributed by atoms with Crippen LogP contribution in [0.1, 0.15) is 12.2 Å². The van der Waals surface area contributed by atoms with Crippen molar-refractivity contribution in [1.29, 1.82) is 0 Å². The Bertz CT molecular complexity index is 1050.